The maximum absolute atomic E-state index is 11.9. The van der Waals surface area contributed by atoms with Gasteiger partial charge in [-0.25, -0.2) is 0 Å². The predicted molar refractivity (Wildman–Crippen MR) is 77.9 cm³/mol. The molecule has 2 rings (SSSR count). The highest BCUT2D eigenvalue weighted by Crippen LogP contribution is 2.24. The quantitative estimate of drug-likeness (QED) is 0.669. The normalized spacial score (nSPS) is 16.3. The van der Waals surface area contributed by atoms with Gasteiger partial charge in [-0.3, -0.25) is 9.36 Å². The number of carbonyl (C=O) groups is 1. The third kappa shape index (κ3) is 3.32. The lowest BCUT2D eigenvalue weighted by Gasteiger charge is -2.33. The van der Waals surface area contributed by atoms with E-state index in [-0.39, 0.29) is 23.7 Å². The Balaban J connectivity index is 1.97. The molecule has 8 nitrogen and oxygen atoms in total. The molecule has 0 bridgehead atoms. The van der Waals surface area contributed by atoms with Crippen LogP contribution >= 0.6 is 0 Å². The molecule has 0 radical (unpaired) electrons. The number of hydrogen-bond acceptors (Lipinski definition) is 5. The maximum atomic E-state index is 11.9. The molecule has 0 aliphatic carbocycles. The molecule has 0 spiro atoms. The molecule has 21 heavy (non-hydrogen) atoms. The van der Waals surface area contributed by atoms with Gasteiger partial charge in [0, 0.05) is 32.1 Å². The van der Waals surface area contributed by atoms with Crippen LogP contribution in [0.5, 0.6) is 0 Å². The number of aryl methyl sites for hydroxylation is 1. The minimum Gasteiger partial charge on any atom is -0.361 e. The van der Waals surface area contributed by atoms with Gasteiger partial charge in [0.2, 0.25) is 18.1 Å². The second-order valence-electron chi connectivity index (χ2n) is 5.68. The summed E-state index contributed by atoms with van der Waals surface area (Å²) in [6.07, 6.45) is 2.99. The molecule has 0 aromatic carbocycles. The van der Waals surface area contributed by atoms with Crippen LogP contribution in [-0.4, -0.2) is 44.4 Å². The van der Waals surface area contributed by atoms with Gasteiger partial charge in [0.15, 0.2) is 0 Å². The van der Waals surface area contributed by atoms with E-state index in [9.17, 15) is 14.9 Å². The van der Waals surface area contributed by atoms with Crippen molar-refractivity contribution in [1.29, 1.82) is 0 Å². The number of carbonyl (C=O) groups excluding carboxylic acids is 1. The summed E-state index contributed by atoms with van der Waals surface area (Å²) in [5.74, 6) is 0.444. The number of nitrogens with one attached hydrogen (secondary N) is 1. The number of anilines is 1. The van der Waals surface area contributed by atoms with Crippen molar-refractivity contribution in [2.24, 2.45) is 13.0 Å². The highest BCUT2D eigenvalue weighted by atomic mass is 16.6. The summed E-state index contributed by atoms with van der Waals surface area (Å²) < 4.78 is 1.61. The van der Waals surface area contributed by atoms with E-state index in [2.05, 4.69) is 10.3 Å². The maximum Gasteiger partial charge on any atom is 0.406 e. The number of aromatic nitrogens is 2. The first-order valence-corrected chi connectivity index (χ1v) is 7.11. The van der Waals surface area contributed by atoms with Crippen molar-refractivity contribution in [3.63, 3.8) is 0 Å². The Bertz CT molecular complexity index is 532. The molecule has 1 saturated heterocycles. The molecule has 1 aliphatic rings. The molecule has 1 aromatic heterocycles. The first kappa shape index (κ1) is 15.3. The van der Waals surface area contributed by atoms with Gasteiger partial charge in [-0.2, -0.15) is 0 Å². The third-order valence-corrected chi connectivity index (χ3v) is 3.73. The Morgan fingerprint density at radius 1 is 1.48 bits per heavy atom. The van der Waals surface area contributed by atoms with Crippen LogP contribution in [0.2, 0.25) is 0 Å². The Labute approximate surface area is 123 Å². The number of rotatable bonds is 4. The van der Waals surface area contributed by atoms with Crippen LogP contribution < -0.4 is 5.32 Å². The van der Waals surface area contributed by atoms with Crippen molar-refractivity contribution in [3.8, 4) is 0 Å². The number of nitrogens with zero attached hydrogens (tertiary/aromatic N) is 4. The summed E-state index contributed by atoms with van der Waals surface area (Å²) in [5, 5.41) is 14.1. The van der Waals surface area contributed by atoms with Crippen LogP contribution in [0.25, 0.3) is 0 Å². The molecule has 0 saturated carbocycles. The molecule has 1 aliphatic heterocycles. The largest absolute Gasteiger partial charge is 0.406 e. The summed E-state index contributed by atoms with van der Waals surface area (Å²) in [6, 6.07) is 0.121. The lowest BCUT2D eigenvalue weighted by atomic mass is 10.0. The molecular weight excluding hydrogens is 274 g/mol. The summed E-state index contributed by atoms with van der Waals surface area (Å²) >= 11 is 0. The summed E-state index contributed by atoms with van der Waals surface area (Å²) in [6.45, 7) is 5.15. The van der Waals surface area contributed by atoms with E-state index in [1.165, 1.54) is 6.33 Å². The van der Waals surface area contributed by atoms with Crippen molar-refractivity contribution in [2.45, 2.75) is 32.7 Å². The van der Waals surface area contributed by atoms with E-state index in [1.54, 1.807) is 11.6 Å². The summed E-state index contributed by atoms with van der Waals surface area (Å²) in [5.41, 5.74) is 0. The molecule has 2 heterocycles. The van der Waals surface area contributed by atoms with E-state index >= 15 is 0 Å². The number of nitro groups is 1. The average Bonchev–Trinajstić information content (AvgIpc) is 2.80. The van der Waals surface area contributed by atoms with Gasteiger partial charge in [-0.05, 0) is 22.7 Å². The van der Waals surface area contributed by atoms with Crippen molar-refractivity contribution >= 4 is 17.5 Å². The highest BCUT2D eigenvalue weighted by molar-refractivity contribution is 5.78. The van der Waals surface area contributed by atoms with Crippen LogP contribution in [0.4, 0.5) is 11.6 Å². The van der Waals surface area contributed by atoms with Crippen LogP contribution in [0.3, 0.4) is 0 Å². The first-order valence-electron chi connectivity index (χ1n) is 7.11. The van der Waals surface area contributed by atoms with Crippen molar-refractivity contribution in [3.05, 3.63) is 16.4 Å². The lowest BCUT2D eigenvalue weighted by molar-refractivity contribution is -0.388. The van der Waals surface area contributed by atoms with Crippen LogP contribution in [0, 0.1) is 16.0 Å². The number of likely N-dealkylation sites (tertiary alicyclic amines) is 1. The molecule has 0 unspecified atom stereocenters. The zero-order valence-corrected chi connectivity index (χ0v) is 12.6. The fourth-order valence-electron chi connectivity index (χ4n) is 2.52. The fraction of sp³-hybridized carbons (Fsp3) is 0.692. The average molecular weight is 295 g/mol. The van der Waals surface area contributed by atoms with Gasteiger partial charge >= 0.3 is 5.82 Å². The van der Waals surface area contributed by atoms with E-state index in [4.69, 9.17) is 0 Å². The van der Waals surface area contributed by atoms with Gasteiger partial charge in [0.05, 0.1) is 0 Å². The SMILES string of the molecule is CC(C)C(=O)N1CCC(Nc2c([N+](=O)[O-])ncn2C)CC1. The fourth-order valence-corrected chi connectivity index (χ4v) is 2.52. The lowest BCUT2D eigenvalue weighted by Crippen LogP contribution is -2.44. The van der Waals surface area contributed by atoms with Crippen LogP contribution in [0.1, 0.15) is 26.7 Å². The van der Waals surface area contributed by atoms with Gasteiger partial charge in [-0.15, -0.1) is 0 Å². The zero-order chi connectivity index (χ0) is 15.6. The van der Waals surface area contributed by atoms with Crippen LogP contribution in [-0.2, 0) is 11.8 Å². The third-order valence-electron chi connectivity index (χ3n) is 3.73. The second kappa shape index (κ2) is 6.11. The molecule has 0 atom stereocenters. The molecule has 1 aromatic rings. The number of piperidine rings is 1. The van der Waals surface area contributed by atoms with Gasteiger partial charge in [0.1, 0.15) is 0 Å². The van der Waals surface area contributed by atoms with E-state index in [0.717, 1.165) is 12.8 Å². The second-order valence-corrected chi connectivity index (χ2v) is 5.68. The van der Waals surface area contributed by atoms with Gasteiger partial charge in [0.25, 0.3) is 0 Å². The molecule has 8 heteroatoms. The number of imidazole rings is 1. The Morgan fingerprint density at radius 2 is 2.10 bits per heavy atom. The van der Waals surface area contributed by atoms with Crippen molar-refractivity contribution < 1.29 is 9.72 Å². The smallest absolute Gasteiger partial charge is 0.361 e. The predicted octanol–water partition coefficient (Wildman–Crippen LogP) is 1.39. The van der Waals surface area contributed by atoms with Gasteiger partial charge in [-0.1, -0.05) is 13.8 Å². The van der Waals surface area contributed by atoms with Crippen LogP contribution in [0.15, 0.2) is 6.33 Å². The van der Waals surface area contributed by atoms with E-state index < -0.39 is 4.92 Å². The molecule has 1 N–H and O–H groups in total. The Morgan fingerprint density at radius 3 is 2.62 bits per heavy atom. The Hall–Kier alpha value is -2.12. The topological polar surface area (TPSA) is 93.3 Å². The van der Waals surface area contributed by atoms with Crippen molar-refractivity contribution in [1.82, 2.24) is 14.5 Å². The highest BCUT2D eigenvalue weighted by Gasteiger charge is 2.27. The standard InChI is InChI=1S/C13H21N5O3/c1-9(2)13(19)17-6-4-10(5-7-17)15-12-11(18(20)21)14-8-16(12)3/h8-10,15H,4-7H2,1-3H3. The van der Waals surface area contributed by atoms with Crippen molar-refractivity contribution in [2.75, 3.05) is 18.4 Å². The van der Waals surface area contributed by atoms with E-state index in [1.807, 2.05) is 18.7 Å². The number of amides is 1. The monoisotopic (exact) mass is 295 g/mol. The summed E-state index contributed by atoms with van der Waals surface area (Å²) in [7, 11) is 1.72. The summed E-state index contributed by atoms with van der Waals surface area (Å²) in [4.78, 5) is 28.0. The zero-order valence-electron chi connectivity index (χ0n) is 12.6. The Kier molecular flexibility index (Phi) is 4.44. The van der Waals surface area contributed by atoms with E-state index in [0.29, 0.717) is 18.9 Å². The number of hydrogen-bond donors (Lipinski definition) is 1. The molecule has 1 amide bonds. The molecular formula is C13H21N5O3. The van der Waals surface area contributed by atoms with Gasteiger partial charge < -0.3 is 20.3 Å². The molecule has 116 valence electrons. The minimum absolute atomic E-state index is 0.00710. The first-order chi connectivity index (χ1) is 9.90. The molecule has 1 fully saturated rings. The minimum atomic E-state index is -0.486.